The van der Waals surface area contributed by atoms with Crippen LogP contribution < -0.4 is 4.90 Å². The number of thiazole rings is 1. The smallest absolute Gasteiger partial charge is 0.303 e. The van der Waals surface area contributed by atoms with Gasteiger partial charge in [0.05, 0.1) is 12.1 Å². The normalized spacial score (nSPS) is 16.6. The van der Waals surface area contributed by atoms with E-state index in [0.29, 0.717) is 6.42 Å². The molecule has 1 N–H and O–H groups in total. The molecule has 0 bridgehead atoms. The highest BCUT2D eigenvalue weighted by Crippen LogP contribution is 2.22. The molecule has 2 heterocycles. The molecule has 0 spiro atoms. The summed E-state index contributed by atoms with van der Waals surface area (Å²) in [5.41, 5.74) is 0.896. The lowest BCUT2D eigenvalue weighted by Crippen LogP contribution is -2.48. The summed E-state index contributed by atoms with van der Waals surface area (Å²) in [6, 6.07) is 0. The molecule has 2 rings (SSSR count). The van der Waals surface area contributed by atoms with Crippen molar-refractivity contribution in [2.75, 3.05) is 58.3 Å². The van der Waals surface area contributed by atoms with Crippen molar-refractivity contribution in [3.05, 3.63) is 11.1 Å². The first-order valence-electron chi connectivity index (χ1n) is 7.33. The number of carbonyl (C=O) groups is 1. The average molecular weight is 312 g/mol. The van der Waals surface area contributed by atoms with Gasteiger partial charge in [-0.25, -0.2) is 4.98 Å². The molecule has 1 saturated heterocycles. The lowest BCUT2D eigenvalue weighted by Gasteiger charge is -2.35. The van der Waals surface area contributed by atoms with Crippen molar-refractivity contribution in [1.82, 2.24) is 14.8 Å². The fourth-order valence-corrected chi connectivity index (χ4v) is 3.21. The highest BCUT2D eigenvalue weighted by Gasteiger charge is 2.19. The summed E-state index contributed by atoms with van der Waals surface area (Å²) in [6.45, 7) is 6.34. The van der Waals surface area contributed by atoms with Crippen LogP contribution in [0, 0.1) is 0 Å². The van der Waals surface area contributed by atoms with Crippen molar-refractivity contribution in [1.29, 1.82) is 0 Å². The number of hydrogen-bond donors (Lipinski definition) is 1. The zero-order chi connectivity index (χ0) is 15.2. The Kier molecular flexibility index (Phi) is 5.96. The minimum Gasteiger partial charge on any atom is -0.481 e. The number of aliphatic carboxylic acids is 1. The number of rotatable bonds is 7. The third-order valence-corrected chi connectivity index (χ3v) is 4.59. The minimum absolute atomic E-state index is 0.154. The van der Waals surface area contributed by atoms with Crippen LogP contribution in [-0.2, 0) is 11.2 Å². The van der Waals surface area contributed by atoms with Crippen LogP contribution >= 0.6 is 11.3 Å². The maximum atomic E-state index is 10.6. The maximum absolute atomic E-state index is 10.6. The Morgan fingerprint density at radius 1 is 1.38 bits per heavy atom. The Balaban J connectivity index is 1.78. The number of aromatic nitrogens is 1. The number of carboxylic acids is 1. The van der Waals surface area contributed by atoms with Crippen molar-refractivity contribution in [2.45, 2.75) is 12.8 Å². The molecule has 6 nitrogen and oxygen atoms in total. The number of piperazine rings is 1. The Morgan fingerprint density at radius 3 is 2.71 bits per heavy atom. The van der Waals surface area contributed by atoms with Gasteiger partial charge in [0.2, 0.25) is 0 Å². The number of hydrogen-bond acceptors (Lipinski definition) is 6. The third kappa shape index (κ3) is 5.26. The van der Waals surface area contributed by atoms with E-state index in [1.54, 1.807) is 11.3 Å². The van der Waals surface area contributed by atoms with Gasteiger partial charge < -0.3 is 14.9 Å². The summed E-state index contributed by atoms with van der Waals surface area (Å²) in [5, 5.41) is 11.7. The molecule has 0 atom stereocenters. The fourth-order valence-electron chi connectivity index (χ4n) is 2.30. The molecular weight excluding hydrogens is 288 g/mol. The summed E-state index contributed by atoms with van der Waals surface area (Å²) in [4.78, 5) is 22.1. The van der Waals surface area contributed by atoms with E-state index in [9.17, 15) is 4.79 Å². The van der Waals surface area contributed by atoms with E-state index in [0.717, 1.165) is 50.1 Å². The predicted octanol–water partition coefficient (Wildman–Crippen LogP) is 0.844. The molecule has 7 heteroatoms. The van der Waals surface area contributed by atoms with E-state index in [-0.39, 0.29) is 6.42 Å². The van der Waals surface area contributed by atoms with Crippen LogP contribution in [0.1, 0.15) is 12.1 Å². The molecule has 0 unspecified atom stereocenters. The van der Waals surface area contributed by atoms with Gasteiger partial charge in [-0.3, -0.25) is 9.69 Å². The molecule has 0 radical (unpaired) electrons. The molecular formula is C14H24N4O2S. The van der Waals surface area contributed by atoms with Crippen molar-refractivity contribution >= 4 is 22.4 Å². The predicted molar refractivity (Wildman–Crippen MR) is 85.3 cm³/mol. The van der Waals surface area contributed by atoms with Crippen molar-refractivity contribution in [3.63, 3.8) is 0 Å². The molecule has 0 aromatic carbocycles. The van der Waals surface area contributed by atoms with Gasteiger partial charge in [-0.2, -0.15) is 0 Å². The van der Waals surface area contributed by atoms with Gasteiger partial charge >= 0.3 is 5.97 Å². The van der Waals surface area contributed by atoms with Gasteiger partial charge in [-0.05, 0) is 14.1 Å². The first kappa shape index (κ1) is 16.2. The van der Waals surface area contributed by atoms with E-state index in [1.165, 1.54) is 0 Å². The highest BCUT2D eigenvalue weighted by atomic mass is 32.1. The Morgan fingerprint density at radius 2 is 2.10 bits per heavy atom. The molecule has 1 aromatic heterocycles. The Labute approximate surface area is 130 Å². The number of nitrogens with zero attached hydrogens (tertiary/aromatic N) is 4. The van der Waals surface area contributed by atoms with E-state index >= 15 is 0 Å². The number of anilines is 1. The molecule has 1 aliphatic rings. The average Bonchev–Trinajstić information content (AvgIpc) is 2.92. The van der Waals surface area contributed by atoms with Gasteiger partial charge in [-0.1, -0.05) is 0 Å². The van der Waals surface area contributed by atoms with Crippen molar-refractivity contribution in [2.24, 2.45) is 0 Å². The van der Waals surface area contributed by atoms with Crippen LogP contribution in [0.25, 0.3) is 0 Å². The largest absolute Gasteiger partial charge is 0.481 e. The van der Waals surface area contributed by atoms with Crippen LogP contribution in [0.4, 0.5) is 5.13 Å². The lowest BCUT2D eigenvalue weighted by molar-refractivity contribution is -0.136. The first-order valence-corrected chi connectivity index (χ1v) is 8.21. The standard InChI is InChI=1S/C14H24N4O2S/c1-16(2)5-6-17-7-9-18(10-8-17)14-15-12(11-21-14)3-4-13(19)20/h11H,3-10H2,1-2H3,(H,19,20). The number of carboxylic acid groups (broad SMARTS) is 1. The fraction of sp³-hybridized carbons (Fsp3) is 0.714. The van der Waals surface area contributed by atoms with E-state index in [1.807, 2.05) is 5.38 Å². The summed E-state index contributed by atoms with van der Waals surface area (Å²) < 4.78 is 0. The SMILES string of the molecule is CN(C)CCN1CCN(c2nc(CCC(=O)O)cs2)CC1. The zero-order valence-corrected chi connectivity index (χ0v) is 13.6. The monoisotopic (exact) mass is 312 g/mol. The lowest BCUT2D eigenvalue weighted by atomic mass is 10.2. The number of likely N-dealkylation sites (N-methyl/N-ethyl adjacent to an activating group) is 1. The van der Waals surface area contributed by atoms with E-state index < -0.39 is 5.97 Å². The molecule has 0 saturated carbocycles. The Bertz CT molecular complexity index is 456. The molecule has 1 aromatic rings. The molecule has 0 aliphatic carbocycles. The summed E-state index contributed by atoms with van der Waals surface area (Å²) in [7, 11) is 4.20. The second-order valence-electron chi connectivity index (χ2n) is 5.65. The number of aryl methyl sites for hydroxylation is 1. The second-order valence-corrected chi connectivity index (χ2v) is 6.48. The third-order valence-electron chi connectivity index (χ3n) is 3.64. The summed E-state index contributed by atoms with van der Waals surface area (Å²) >= 11 is 1.62. The van der Waals surface area contributed by atoms with E-state index in [2.05, 4.69) is 33.8 Å². The summed E-state index contributed by atoms with van der Waals surface area (Å²) in [6.07, 6.45) is 0.677. The second kappa shape index (κ2) is 7.72. The molecule has 21 heavy (non-hydrogen) atoms. The van der Waals surface area contributed by atoms with E-state index in [4.69, 9.17) is 5.11 Å². The van der Waals surface area contributed by atoms with Gasteiger partial charge in [0.15, 0.2) is 5.13 Å². The molecule has 0 amide bonds. The first-order chi connectivity index (χ1) is 10.0. The van der Waals surface area contributed by atoms with Gasteiger partial charge in [0.25, 0.3) is 0 Å². The minimum atomic E-state index is -0.765. The van der Waals surface area contributed by atoms with Crippen LogP contribution in [0.3, 0.4) is 0 Å². The molecule has 1 fully saturated rings. The quantitative estimate of drug-likeness (QED) is 0.805. The maximum Gasteiger partial charge on any atom is 0.303 e. The Hall–Kier alpha value is -1.18. The topological polar surface area (TPSA) is 59.9 Å². The van der Waals surface area contributed by atoms with Gasteiger partial charge in [0, 0.05) is 51.1 Å². The summed E-state index contributed by atoms with van der Waals surface area (Å²) in [5.74, 6) is -0.765. The molecule has 1 aliphatic heterocycles. The van der Waals surface area contributed by atoms with Crippen LogP contribution in [0.15, 0.2) is 5.38 Å². The van der Waals surface area contributed by atoms with Gasteiger partial charge in [-0.15, -0.1) is 11.3 Å². The zero-order valence-electron chi connectivity index (χ0n) is 12.8. The molecule has 118 valence electrons. The van der Waals surface area contributed by atoms with Crippen LogP contribution in [-0.4, -0.2) is 79.2 Å². The van der Waals surface area contributed by atoms with Crippen LogP contribution in [0.5, 0.6) is 0 Å². The highest BCUT2D eigenvalue weighted by molar-refractivity contribution is 7.13. The van der Waals surface area contributed by atoms with Crippen molar-refractivity contribution < 1.29 is 9.90 Å². The van der Waals surface area contributed by atoms with Gasteiger partial charge in [0.1, 0.15) is 0 Å². The van der Waals surface area contributed by atoms with Crippen LogP contribution in [0.2, 0.25) is 0 Å². The van der Waals surface area contributed by atoms with Crippen molar-refractivity contribution in [3.8, 4) is 0 Å².